The number of esters is 1. The predicted octanol–water partition coefficient (Wildman–Crippen LogP) is 5.30. The molecule has 2 aromatic carbocycles. The topological polar surface area (TPSA) is 92.6 Å². The summed E-state index contributed by atoms with van der Waals surface area (Å²) in [5, 5.41) is 1.75. The van der Waals surface area contributed by atoms with Gasteiger partial charge in [-0.15, -0.1) is 0 Å². The van der Waals surface area contributed by atoms with Gasteiger partial charge in [-0.25, -0.2) is 4.79 Å². The molecule has 3 heterocycles. The van der Waals surface area contributed by atoms with Crippen LogP contribution in [0.4, 0.5) is 0 Å². The SMILES string of the molecule is Cc1cc2oc(=O)cc(COC(=O)[C@H]3CCCN(C(=O)c4ccc5[nH]ccc5c4)C3)c2cc1C(C)C. The molecular formula is C29H30N2O5. The van der Waals surface area contributed by atoms with Crippen LogP contribution in [0.2, 0.25) is 0 Å². The lowest BCUT2D eigenvalue weighted by Gasteiger charge is -2.31. The van der Waals surface area contributed by atoms with Gasteiger partial charge in [0.25, 0.3) is 5.91 Å². The molecule has 2 aromatic heterocycles. The predicted molar refractivity (Wildman–Crippen MR) is 138 cm³/mol. The summed E-state index contributed by atoms with van der Waals surface area (Å²) in [6.07, 6.45) is 3.23. The Morgan fingerprint density at radius 2 is 2.00 bits per heavy atom. The van der Waals surface area contributed by atoms with E-state index in [9.17, 15) is 14.4 Å². The van der Waals surface area contributed by atoms with Crippen molar-refractivity contribution < 1.29 is 18.7 Å². The number of fused-ring (bicyclic) bond motifs is 2. The van der Waals surface area contributed by atoms with Gasteiger partial charge in [-0.3, -0.25) is 9.59 Å². The molecule has 0 aliphatic carbocycles. The summed E-state index contributed by atoms with van der Waals surface area (Å²) in [5.41, 5.74) is 4.43. The molecule has 5 rings (SSSR count). The third-order valence-corrected chi connectivity index (χ3v) is 7.05. The summed E-state index contributed by atoms with van der Waals surface area (Å²) in [6, 6.07) is 12.8. The normalized spacial score (nSPS) is 16.1. The first kappa shape index (κ1) is 23.9. The first-order valence-corrected chi connectivity index (χ1v) is 12.4. The highest BCUT2D eigenvalue weighted by atomic mass is 16.5. The van der Waals surface area contributed by atoms with Crippen molar-refractivity contribution in [3.05, 3.63) is 81.3 Å². The third kappa shape index (κ3) is 4.65. The molecule has 36 heavy (non-hydrogen) atoms. The Hall–Kier alpha value is -3.87. The molecule has 1 aliphatic rings. The second-order valence-electron chi connectivity index (χ2n) is 9.93. The smallest absolute Gasteiger partial charge is 0.336 e. The van der Waals surface area contributed by atoms with Gasteiger partial charge in [0.1, 0.15) is 12.2 Å². The number of amides is 1. The quantitative estimate of drug-likeness (QED) is 0.305. The van der Waals surface area contributed by atoms with Gasteiger partial charge < -0.3 is 19.0 Å². The first-order chi connectivity index (χ1) is 17.3. The number of aryl methyl sites for hydroxylation is 1. The fraction of sp³-hybridized carbons (Fsp3) is 0.345. The number of carbonyl (C=O) groups is 2. The zero-order valence-corrected chi connectivity index (χ0v) is 20.8. The van der Waals surface area contributed by atoms with Crippen molar-refractivity contribution in [1.82, 2.24) is 9.88 Å². The Labute approximate surface area is 209 Å². The lowest BCUT2D eigenvalue weighted by atomic mass is 9.95. The van der Waals surface area contributed by atoms with Crippen LogP contribution in [0.3, 0.4) is 0 Å². The van der Waals surface area contributed by atoms with E-state index in [0.717, 1.165) is 33.8 Å². The van der Waals surface area contributed by atoms with E-state index in [-0.39, 0.29) is 18.5 Å². The Kier molecular flexibility index (Phi) is 6.39. The molecule has 1 amide bonds. The van der Waals surface area contributed by atoms with Gasteiger partial charge in [0, 0.05) is 52.8 Å². The van der Waals surface area contributed by atoms with E-state index in [1.165, 1.54) is 6.07 Å². The number of nitrogens with zero attached hydrogens (tertiary/aromatic N) is 1. The number of piperidine rings is 1. The maximum atomic E-state index is 13.1. The summed E-state index contributed by atoms with van der Waals surface area (Å²) < 4.78 is 11.1. The van der Waals surface area contributed by atoms with Crippen LogP contribution < -0.4 is 5.63 Å². The minimum absolute atomic E-state index is 0.0177. The molecule has 1 saturated heterocycles. The highest BCUT2D eigenvalue weighted by molar-refractivity contribution is 5.98. The van der Waals surface area contributed by atoms with E-state index < -0.39 is 11.5 Å². The number of aromatic amines is 1. The van der Waals surface area contributed by atoms with Gasteiger partial charge in [-0.05, 0) is 73.2 Å². The van der Waals surface area contributed by atoms with E-state index in [0.29, 0.717) is 42.1 Å². The molecule has 0 saturated carbocycles. The summed E-state index contributed by atoms with van der Waals surface area (Å²) in [6.45, 7) is 7.12. The Morgan fingerprint density at radius 3 is 2.81 bits per heavy atom. The van der Waals surface area contributed by atoms with Gasteiger partial charge in [-0.2, -0.15) is 0 Å². The molecule has 4 aromatic rings. The monoisotopic (exact) mass is 486 g/mol. The standard InChI is InChI=1S/C29H30N2O5/c1-17(2)23-14-24-22(13-27(32)36-26(24)11-18(23)3)16-35-29(34)21-5-4-10-31(15-21)28(33)20-6-7-25-19(12-20)8-9-30-25/h6-9,11-14,17,21,30H,4-5,10,15-16H2,1-3H3/t21-/m0/s1. The zero-order valence-electron chi connectivity index (χ0n) is 20.8. The van der Waals surface area contributed by atoms with E-state index in [4.69, 9.17) is 9.15 Å². The van der Waals surface area contributed by atoms with Crippen molar-refractivity contribution in [2.75, 3.05) is 13.1 Å². The summed E-state index contributed by atoms with van der Waals surface area (Å²) in [5.74, 6) is -0.538. The molecule has 0 radical (unpaired) electrons. The lowest BCUT2D eigenvalue weighted by Crippen LogP contribution is -2.42. The molecule has 1 fully saturated rings. The third-order valence-electron chi connectivity index (χ3n) is 7.05. The number of ether oxygens (including phenoxy) is 1. The van der Waals surface area contributed by atoms with Gasteiger partial charge >= 0.3 is 11.6 Å². The number of hydrogen-bond donors (Lipinski definition) is 1. The van der Waals surface area contributed by atoms with Gasteiger partial charge in [0.05, 0.1) is 5.92 Å². The molecule has 0 unspecified atom stereocenters. The van der Waals surface area contributed by atoms with E-state index in [1.807, 2.05) is 49.5 Å². The summed E-state index contributed by atoms with van der Waals surface area (Å²) in [4.78, 5) is 43.1. The summed E-state index contributed by atoms with van der Waals surface area (Å²) >= 11 is 0. The molecule has 7 nitrogen and oxygen atoms in total. The van der Waals surface area contributed by atoms with Crippen molar-refractivity contribution >= 4 is 33.7 Å². The molecule has 186 valence electrons. The number of likely N-dealkylation sites (tertiary alicyclic amines) is 1. The first-order valence-electron chi connectivity index (χ1n) is 12.4. The van der Waals surface area contributed by atoms with Crippen LogP contribution in [0.25, 0.3) is 21.9 Å². The maximum absolute atomic E-state index is 13.1. The minimum Gasteiger partial charge on any atom is -0.461 e. The number of nitrogens with one attached hydrogen (secondary N) is 1. The van der Waals surface area contributed by atoms with Crippen molar-refractivity contribution in [3.63, 3.8) is 0 Å². The number of aromatic nitrogens is 1. The molecule has 0 spiro atoms. The van der Waals surface area contributed by atoms with Crippen molar-refractivity contribution in [1.29, 1.82) is 0 Å². The average Bonchev–Trinajstić information content (AvgIpc) is 3.34. The molecular weight excluding hydrogens is 456 g/mol. The number of rotatable bonds is 5. The van der Waals surface area contributed by atoms with Crippen molar-refractivity contribution in [2.24, 2.45) is 5.92 Å². The largest absolute Gasteiger partial charge is 0.461 e. The molecule has 1 N–H and O–H groups in total. The lowest BCUT2D eigenvalue weighted by molar-refractivity contribution is -0.151. The van der Waals surface area contributed by atoms with Crippen LogP contribution in [-0.2, 0) is 16.1 Å². The summed E-state index contributed by atoms with van der Waals surface area (Å²) in [7, 11) is 0. The Bertz CT molecular complexity index is 1510. The molecule has 1 aliphatic heterocycles. The van der Waals surface area contributed by atoms with Crippen LogP contribution in [0.1, 0.15) is 59.7 Å². The maximum Gasteiger partial charge on any atom is 0.336 e. The molecule has 7 heteroatoms. The van der Waals surface area contributed by atoms with E-state index >= 15 is 0 Å². The Balaban J connectivity index is 1.30. The second-order valence-corrected chi connectivity index (χ2v) is 9.93. The van der Waals surface area contributed by atoms with Crippen LogP contribution in [-0.4, -0.2) is 34.8 Å². The van der Waals surface area contributed by atoms with E-state index in [2.05, 4.69) is 18.8 Å². The van der Waals surface area contributed by atoms with Crippen LogP contribution in [0.15, 0.2) is 57.9 Å². The highest BCUT2D eigenvalue weighted by Crippen LogP contribution is 2.28. The zero-order chi connectivity index (χ0) is 25.4. The fourth-order valence-electron chi connectivity index (χ4n) is 5.12. The Morgan fingerprint density at radius 1 is 1.17 bits per heavy atom. The van der Waals surface area contributed by atoms with Crippen LogP contribution in [0.5, 0.6) is 0 Å². The van der Waals surface area contributed by atoms with Gasteiger partial charge in [0.2, 0.25) is 0 Å². The number of H-pyrrole nitrogens is 1. The minimum atomic E-state index is -0.473. The molecule has 0 bridgehead atoms. The van der Waals surface area contributed by atoms with Gasteiger partial charge in [0.15, 0.2) is 0 Å². The number of carbonyl (C=O) groups excluding carboxylic acids is 2. The number of benzene rings is 2. The average molecular weight is 487 g/mol. The van der Waals surface area contributed by atoms with Crippen molar-refractivity contribution in [3.8, 4) is 0 Å². The second kappa shape index (κ2) is 9.64. The van der Waals surface area contributed by atoms with E-state index in [1.54, 1.807) is 4.90 Å². The van der Waals surface area contributed by atoms with Gasteiger partial charge in [-0.1, -0.05) is 13.8 Å². The van der Waals surface area contributed by atoms with Crippen molar-refractivity contribution in [2.45, 2.75) is 46.1 Å². The molecule has 1 atom stereocenters. The van der Waals surface area contributed by atoms with Crippen LogP contribution in [0, 0.1) is 12.8 Å². The van der Waals surface area contributed by atoms with Crippen LogP contribution >= 0.6 is 0 Å². The number of hydrogen-bond acceptors (Lipinski definition) is 5. The fourth-order valence-corrected chi connectivity index (χ4v) is 5.12. The highest BCUT2D eigenvalue weighted by Gasteiger charge is 2.30.